The summed E-state index contributed by atoms with van der Waals surface area (Å²) in [5.74, 6) is 0.468. The predicted molar refractivity (Wildman–Crippen MR) is 40.4 cm³/mol. The molecule has 0 rings (SSSR count). The van der Waals surface area contributed by atoms with Gasteiger partial charge in [-0.15, -0.1) is 0 Å². The zero-order valence-corrected chi connectivity index (χ0v) is 6.09. The highest BCUT2D eigenvalue weighted by Gasteiger charge is 1.83. The second-order valence-electron chi connectivity index (χ2n) is 1.88. The topological polar surface area (TPSA) is 20.2 Å². The lowest BCUT2D eigenvalue weighted by Crippen LogP contribution is -1.75. The Bertz CT molecular complexity index is 112. The third kappa shape index (κ3) is 5.15. The van der Waals surface area contributed by atoms with Crippen LogP contribution in [0.4, 0.5) is 0 Å². The molecule has 0 aromatic rings. The molecule has 0 bridgehead atoms. The summed E-state index contributed by atoms with van der Waals surface area (Å²) >= 11 is 0. The summed E-state index contributed by atoms with van der Waals surface area (Å²) in [7, 11) is 0. The number of aliphatic hydroxyl groups excluding tert-OH is 1. The maximum absolute atomic E-state index is 8.99. The highest BCUT2D eigenvalue weighted by Crippen LogP contribution is 1.98. The predicted octanol–water partition coefficient (Wildman–Crippen LogP) is 2.80. The molecule has 0 amide bonds. The van der Waals surface area contributed by atoms with E-state index in [9.17, 15) is 0 Å². The largest absolute Gasteiger partial charge is 0.512 e. The van der Waals surface area contributed by atoms with Crippen molar-refractivity contribution in [2.75, 3.05) is 0 Å². The van der Waals surface area contributed by atoms with E-state index in [1.807, 2.05) is 32.1 Å². The molecule has 0 aliphatic carbocycles. The van der Waals surface area contributed by atoms with E-state index >= 15 is 0 Å². The molecule has 0 saturated carbocycles. The molecule has 52 valence electrons. The van der Waals surface area contributed by atoms with Crippen molar-refractivity contribution in [2.24, 2.45) is 0 Å². The fourth-order valence-electron chi connectivity index (χ4n) is 0.558. The summed E-state index contributed by atoms with van der Waals surface area (Å²) in [5, 5.41) is 8.99. The molecule has 0 saturated heterocycles. The van der Waals surface area contributed by atoms with Crippen LogP contribution in [0.15, 0.2) is 24.0 Å². The molecule has 1 N–H and O–H groups in total. The van der Waals surface area contributed by atoms with Crippen molar-refractivity contribution in [3.05, 3.63) is 24.0 Å². The Balaban J connectivity index is 3.49. The Morgan fingerprint density at radius 2 is 2.22 bits per heavy atom. The number of allylic oxidation sites excluding steroid dienone is 3. The number of aliphatic hydroxyl groups is 1. The Hall–Kier alpha value is -0.720. The average molecular weight is 126 g/mol. The summed E-state index contributed by atoms with van der Waals surface area (Å²) in [6.07, 6.45) is 7.26. The van der Waals surface area contributed by atoms with E-state index in [0.717, 1.165) is 6.42 Å². The van der Waals surface area contributed by atoms with Gasteiger partial charge in [0.2, 0.25) is 0 Å². The van der Waals surface area contributed by atoms with Gasteiger partial charge in [0.1, 0.15) is 0 Å². The lowest BCUT2D eigenvalue weighted by atomic mass is 10.3. The van der Waals surface area contributed by atoms with E-state index < -0.39 is 0 Å². The van der Waals surface area contributed by atoms with Crippen molar-refractivity contribution in [3.63, 3.8) is 0 Å². The molecule has 0 radical (unpaired) electrons. The molecule has 0 spiro atoms. The van der Waals surface area contributed by atoms with Crippen molar-refractivity contribution in [3.8, 4) is 0 Å². The van der Waals surface area contributed by atoms with Crippen LogP contribution in [0.25, 0.3) is 0 Å². The fraction of sp³-hybridized carbons (Fsp3) is 0.500. The summed E-state index contributed by atoms with van der Waals surface area (Å²) < 4.78 is 0. The van der Waals surface area contributed by atoms with E-state index in [1.54, 1.807) is 0 Å². The first kappa shape index (κ1) is 8.28. The number of rotatable bonds is 3. The third-order valence-corrected chi connectivity index (χ3v) is 1.00. The molecule has 0 atom stereocenters. The van der Waals surface area contributed by atoms with Crippen LogP contribution in [0.5, 0.6) is 0 Å². The van der Waals surface area contributed by atoms with Gasteiger partial charge in [0.25, 0.3) is 0 Å². The van der Waals surface area contributed by atoms with Gasteiger partial charge in [-0.05, 0) is 19.4 Å². The van der Waals surface area contributed by atoms with Gasteiger partial charge in [-0.2, -0.15) is 0 Å². The van der Waals surface area contributed by atoms with E-state index in [0.29, 0.717) is 12.2 Å². The molecule has 0 heterocycles. The molecule has 0 unspecified atom stereocenters. The molecule has 0 aromatic carbocycles. The Morgan fingerprint density at radius 1 is 1.56 bits per heavy atom. The maximum atomic E-state index is 8.99. The van der Waals surface area contributed by atoms with Crippen LogP contribution in [0.1, 0.15) is 26.7 Å². The quantitative estimate of drug-likeness (QED) is 0.455. The summed E-state index contributed by atoms with van der Waals surface area (Å²) in [4.78, 5) is 0. The zero-order valence-electron chi connectivity index (χ0n) is 6.09. The van der Waals surface area contributed by atoms with Crippen LogP contribution in [0.3, 0.4) is 0 Å². The van der Waals surface area contributed by atoms with Crippen LogP contribution in [-0.2, 0) is 0 Å². The minimum absolute atomic E-state index is 0.468. The first-order chi connectivity index (χ1) is 4.31. The Morgan fingerprint density at radius 3 is 2.67 bits per heavy atom. The molecule has 0 aromatic heterocycles. The zero-order chi connectivity index (χ0) is 7.11. The summed E-state index contributed by atoms with van der Waals surface area (Å²) in [5.41, 5.74) is 0. The molecular weight excluding hydrogens is 112 g/mol. The van der Waals surface area contributed by atoms with E-state index in [-0.39, 0.29) is 0 Å². The van der Waals surface area contributed by atoms with Gasteiger partial charge in [-0.1, -0.05) is 19.1 Å². The number of hydrogen-bond donors (Lipinski definition) is 1. The van der Waals surface area contributed by atoms with Gasteiger partial charge in [0.15, 0.2) is 0 Å². The van der Waals surface area contributed by atoms with Gasteiger partial charge >= 0.3 is 0 Å². The van der Waals surface area contributed by atoms with Crippen molar-refractivity contribution in [1.29, 1.82) is 0 Å². The lowest BCUT2D eigenvalue weighted by Gasteiger charge is -1.90. The van der Waals surface area contributed by atoms with E-state index in [1.165, 1.54) is 0 Å². The average Bonchev–Trinajstić information content (AvgIpc) is 1.85. The van der Waals surface area contributed by atoms with Crippen molar-refractivity contribution >= 4 is 0 Å². The third-order valence-electron chi connectivity index (χ3n) is 1.00. The van der Waals surface area contributed by atoms with Gasteiger partial charge in [-0.25, -0.2) is 0 Å². The van der Waals surface area contributed by atoms with Gasteiger partial charge in [0, 0.05) is 6.42 Å². The molecule has 0 aliphatic rings. The van der Waals surface area contributed by atoms with Crippen molar-refractivity contribution in [1.82, 2.24) is 0 Å². The molecule has 0 aliphatic heterocycles. The van der Waals surface area contributed by atoms with Gasteiger partial charge < -0.3 is 5.11 Å². The Labute approximate surface area is 56.7 Å². The monoisotopic (exact) mass is 126 g/mol. The van der Waals surface area contributed by atoms with Crippen LogP contribution < -0.4 is 0 Å². The standard InChI is InChI=1S/C8H14O/c1-3-5-7-8(9)6-4-2/h3,5-6,9H,4,7H2,1-2H3/b5-3-,8-6-. The fourth-order valence-corrected chi connectivity index (χ4v) is 0.558. The minimum atomic E-state index is 0.468. The van der Waals surface area contributed by atoms with Crippen molar-refractivity contribution < 1.29 is 5.11 Å². The van der Waals surface area contributed by atoms with Crippen molar-refractivity contribution in [2.45, 2.75) is 26.7 Å². The molecule has 1 nitrogen and oxygen atoms in total. The smallest absolute Gasteiger partial charge is 0.0920 e. The van der Waals surface area contributed by atoms with Crippen LogP contribution in [-0.4, -0.2) is 5.11 Å². The van der Waals surface area contributed by atoms with Crippen LogP contribution in [0, 0.1) is 0 Å². The van der Waals surface area contributed by atoms with Gasteiger partial charge in [-0.3, -0.25) is 0 Å². The Kier molecular flexibility index (Phi) is 4.98. The molecular formula is C8H14O. The highest BCUT2D eigenvalue weighted by atomic mass is 16.3. The van der Waals surface area contributed by atoms with E-state index in [2.05, 4.69) is 0 Å². The number of hydrogen-bond acceptors (Lipinski definition) is 1. The lowest BCUT2D eigenvalue weighted by molar-refractivity contribution is 0.398. The molecule has 1 heteroatoms. The molecule has 0 fully saturated rings. The highest BCUT2D eigenvalue weighted by molar-refractivity contribution is 4.97. The summed E-state index contributed by atoms with van der Waals surface area (Å²) in [6.45, 7) is 3.95. The second kappa shape index (κ2) is 5.42. The van der Waals surface area contributed by atoms with Gasteiger partial charge in [0.05, 0.1) is 5.76 Å². The first-order valence-electron chi connectivity index (χ1n) is 3.30. The first-order valence-corrected chi connectivity index (χ1v) is 3.30. The SMILES string of the molecule is C/C=C\C/C(O)=C/CC. The second-order valence-corrected chi connectivity index (χ2v) is 1.88. The maximum Gasteiger partial charge on any atom is 0.0920 e. The van der Waals surface area contributed by atoms with E-state index in [4.69, 9.17) is 5.11 Å². The van der Waals surface area contributed by atoms with Crippen LogP contribution >= 0.6 is 0 Å². The molecule has 9 heavy (non-hydrogen) atoms. The minimum Gasteiger partial charge on any atom is -0.512 e. The van der Waals surface area contributed by atoms with Crippen LogP contribution in [0.2, 0.25) is 0 Å². The normalized spacial score (nSPS) is 12.9. The summed E-state index contributed by atoms with van der Waals surface area (Å²) in [6, 6.07) is 0.